The van der Waals surface area contributed by atoms with E-state index in [1.165, 1.54) is 22.1 Å². The van der Waals surface area contributed by atoms with Crippen molar-refractivity contribution >= 4 is 12.5 Å². The van der Waals surface area contributed by atoms with Gasteiger partial charge in [-0.1, -0.05) is 0 Å². The maximum atomic E-state index is 5.79. The van der Waals surface area contributed by atoms with Crippen molar-refractivity contribution < 1.29 is 0 Å². The summed E-state index contributed by atoms with van der Waals surface area (Å²) in [5, 5.41) is 0. The van der Waals surface area contributed by atoms with Crippen LogP contribution in [-0.4, -0.2) is 6.91 Å². The van der Waals surface area contributed by atoms with E-state index in [9.17, 15) is 0 Å². The van der Waals surface area contributed by atoms with E-state index in [0.717, 1.165) is 5.58 Å². The number of hydrogen-bond acceptors (Lipinski definition) is 1. The van der Waals surface area contributed by atoms with Gasteiger partial charge in [0.15, 0.2) is 0 Å². The molecule has 0 saturated carbocycles. The number of aryl methyl sites for hydroxylation is 1. The minimum atomic E-state index is 0.908. The molecule has 0 radical (unpaired) electrons. The molecule has 1 aromatic heterocycles. The third kappa shape index (κ3) is 1.30. The molecule has 1 aromatic rings. The summed E-state index contributed by atoms with van der Waals surface area (Å²) in [6.45, 7) is 10.5. The molecule has 0 fully saturated rings. The molecule has 0 amide bonds. The summed E-state index contributed by atoms with van der Waals surface area (Å²) >= 11 is 0. The molecular weight excluding hydrogens is 133 g/mol. The predicted molar refractivity (Wildman–Crippen MR) is 51.1 cm³/mol. The average Bonchev–Trinajstić information content (AvgIpc) is 1.97. The Morgan fingerprint density at radius 1 is 0.909 bits per heavy atom. The second-order valence-electron chi connectivity index (χ2n) is 3.16. The molecule has 58 valence electrons. The first-order valence-electron chi connectivity index (χ1n) is 3.87. The van der Waals surface area contributed by atoms with E-state index in [2.05, 4.69) is 27.7 Å². The third-order valence-electron chi connectivity index (χ3n) is 2.52. The molecule has 11 heavy (non-hydrogen) atoms. The van der Waals surface area contributed by atoms with Crippen LogP contribution in [0.25, 0.3) is 0 Å². The number of hydrogen-bond donors (Lipinski definition) is 1. The zero-order valence-electron chi connectivity index (χ0n) is 7.65. The van der Waals surface area contributed by atoms with Gasteiger partial charge in [0, 0.05) is 0 Å². The SMILES string of the molecule is Cc1bc(N)c(C)c(C)c1C. The van der Waals surface area contributed by atoms with Crippen molar-refractivity contribution in [3.63, 3.8) is 0 Å². The predicted octanol–water partition coefficient (Wildman–Crippen LogP) is 1.84. The summed E-state index contributed by atoms with van der Waals surface area (Å²) < 4.78 is 0. The Labute approximate surface area is 68.8 Å². The number of rotatable bonds is 0. The fourth-order valence-electron chi connectivity index (χ4n) is 1.24. The Bertz CT molecular complexity index is 266. The molecule has 0 aliphatic rings. The van der Waals surface area contributed by atoms with Crippen LogP contribution in [-0.2, 0) is 0 Å². The van der Waals surface area contributed by atoms with Crippen molar-refractivity contribution in [1.29, 1.82) is 0 Å². The summed E-state index contributed by atoms with van der Waals surface area (Å²) in [4.78, 5) is 0. The van der Waals surface area contributed by atoms with Gasteiger partial charge in [0.2, 0.25) is 0 Å². The van der Waals surface area contributed by atoms with Gasteiger partial charge in [-0.3, -0.25) is 0 Å². The van der Waals surface area contributed by atoms with Crippen molar-refractivity contribution in [2.45, 2.75) is 27.7 Å². The van der Waals surface area contributed by atoms with Crippen molar-refractivity contribution in [3.05, 3.63) is 22.1 Å². The molecule has 0 aliphatic carbocycles. The molecule has 0 saturated heterocycles. The van der Waals surface area contributed by atoms with Crippen LogP contribution in [0, 0.1) is 27.7 Å². The van der Waals surface area contributed by atoms with Gasteiger partial charge in [-0.05, 0) is 0 Å². The van der Waals surface area contributed by atoms with Crippen molar-refractivity contribution in [3.8, 4) is 0 Å². The van der Waals surface area contributed by atoms with Gasteiger partial charge in [0.05, 0.1) is 0 Å². The summed E-state index contributed by atoms with van der Waals surface area (Å²) in [5.74, 6) is 0. The van der Waals surface area contributed by atoms with Crippen molar-refractivity contribution in [2.75, 3.05) is 5.73 Å². The molecule has 2 N–H and O–H groups in total. The maximum absolute atomic E-state index is 5.79. The van der Waals surface area contributed by atoms with Crippen LogP contribution in [0.3, 0.4) is 0 Å². The van der Waals surface area contributed by atoms with E-state index in [1.54, 1.807) is 0 Å². The van der Waals surface area contributed by atoms with Gasteiger partial charge in [-0.25, -0.2) is 0 Å². The fourth-order valence-corrected chi connectivity index (χ4v) is 1.24. The topological polar surface area (TPSA) is 26.0 Å². The van der Waals surface area contributed by atoms with Gasteiger partial charge < -0.3 is 0 Å². The van der Waals surface area contributed by atoms with E-state index in [-0.39, 0.29) is 0 Å². The minimum absolute atomic E-state index is 0.908. The normalized spacial score (nSPS) is 9.82. The summed E-state index contributed by atoms with van der Waals surface area (Å²) in [7, 11) is 0. The van der Waals surface area contributed by atoms with Crippen LogP contribution in [0.5, 0.6) is 0 Å². The van der Waals surface area contributed by atoms with Crippen LogP contribution >= 0.6 is 0 Å². The van der Waals surface area contributed by atoms with E-state index < -0.39 is 0 Å². The second-order valence-corrected chi connectivity index (χ2v) is 3.16. The monoisotopic (exact) mass is 147 g/mol. The van der Waals surface area contributed by atoms with E-state index in [1.807, 2.05) is 6.91 Å². The quantitative estimate of drug-likeness (QED) is 0.595. The average molecular weight is 147 g/mol. The summed E-state index contributed by atoms with van der Waals surface area (Å²) in [5.41, 5.74) is 11.9. The van der Waals surface area contributed by atoms with Gasteiger partial charge in [-0.15, -0.1) is 0 Å². The molecule has 0 spiro atoms. The first kappa shape index (κ1) is 8.31. The Morgan fingerprint density at radius 3 is 2.00 bits per heavy atom. The number of nitrogen functional groups attached to an aromatic ring is 1. The molecule has 2 heteroatoms. The Morgan fingerprint density at radius 2 is 1.45 bits per heavy atom. The molecule has 1 rings (SSSR count). The van der Waals surface area contributed by atoms with Crippen molar-refractivity contribution in [2.24, 2.45) is 0 Å². The molecule has 1 nitrogen and oxygen atoms in total. The van der Waals surface area contributed by atoms with Gasteiger partial charge in [0.25, 0.3) is 0 Å². The number of anilines is 1. The molecule has 1 heterocycles. The van der Waals surface area contributed by atoms with Crippen LogP contribution in [0.1, 0.15) is 22.1 Å². The molecule has 0 aromatic carbocycles. The van der Waals surface area contributed by atoms with Gasteiger partial charge in [0.1, 0.15) is 0 Å². The standard InChI is InChI=1S/C9H14BN/c1-5-6(2)8(4)10-9(11)7(5)3/h11H2,1-4H3. The van der Waals surface area contributed by atoms with Crippen LogP contribution in [0.4, 0.5) is 5.58 Å². The molecule has 0 atom stereocenters. The molecule has 0 bridgehead atoms. The molecule has 0 aliphatic heterocycles. The van der Waals surface area contributed by atoms with E-state index >= 15 is 0 Å². The van der Waals surface area contributed by atoms with Crippen LogP contribution in [0.15, 0.2) is 0 Å². The molecular formula is C9H14BN. The van der Waals surface area contributed by atoms with Crippen LogP contribution in [0.2, 0.25) is 0 Å². The Kier molecular flexibility index (Phi) is 2.03. The van der Waals surface area contributed by atoms with Crippen LogP contribution < -0.4 is 5.73 Å². The number of nitrogens with two attached hydrogens (primary N) is 1. The van der Waals surface area contributed by atoms with E-state index in [4.69, 9.17) is 5.73 Å². The Hall–Kier alpha value is -0.785. The zero-order chi connectivity index (χ0) is 8.59. The molecule has 0 unspecified atom stereocenters. The fraction of sp³-hybridized carbons (Fsp3) is 0.444. The summed E-state index contributed by atoms with van der Waals surface area (Å²) in [6, 6.07) is 0. The second kappa shape index (κ2) is 2.69. The Balaban J connectivity index is 3.46. The zero-order valence-corrected chi connectivity index (χ0v) is 7.65. The third-order valence-corrected chi connectivity index (χ3v) is 2.52. The first-order chi connectivity index (χ1) is 5.04. The van der Waals surface area contributed by atoms with Gasteiger partial charge in [-0.2, -0.15) is 0 Å². The van der Waals surface area contributed by atoms with Gasteiger partial charge >= 0.3 is 68.1 Å². The summed E-state index contributed by atoms with van der Waals surface area (Å²) in [6.07, 6.45) is 0. The van der Waals surface area contributed by atoms with E-state index in [0.29, 0.717) is 0 Å². The first-order valence-corrected chi connectivity index (χ1v) is 3.87. The van der Waals surface area contributed by atoms with Crippen molar-refractivity contribution in [1.82, 2.24) is 0 Å².